The quantitative estimate of drug-likeness (QED) is 0.0930. The summed E-state index contributed by atoms with van der Waals surface area (Å²) in [7, 11) is 0. The van der Waals surface area contributed by atoms with E-state index in [9.17, 15) is 5.11 Å². The van der Waals surface area contributed by atoms with Crippen molar-refractivity contribution in [2.75, 3.05) is 0 Å². The largest absolute Gasteiger partial charge is 0.507 e. The van der Waals surface area contributed by atoms with E-state index in [-0.39, 0.29) is 11.8 Å². The number of phenols is 1. The van der Waals surface area contributed by atoms with Gasteiger partial charge in [0.1, 0.15) is 5.75 Å². The Morgan fingerprint density at radius 3 is 1.83 bits per heavy atom. The second-order valence-corrected chi connectivity index (χ2v) is 16.1. The lowest BCUT2D eigenvalue weighted by Gasteiger charge is -2.20. The first-order valence-electron chi connectivity index (χ1n) is 21.6. The van der Waals surface area contributed by atoms with Crippen molar-refractivity contribution < 1.29 is 5.11 Å². The summed E-state index contributed by atoms with van der Waals surface area (Å²) in [5.74, 6) is 0.237. The number of hydrogen-bond donors (Lipinski definition) is 1. The van der Waals surface area contributed by atoms with Gasteiger partial charge >= 0.3 is 0 Å². The standard InChI is InChI=1S/C61H48N2O/c1-5-56(47-22-11-7-12-23-47)62-59(42(3)38-41(2)44-34-36-46(37-35-44)45-20-9-6-10-21-45)52-29-18-27-50(40-52)49-26-17-28-51(39-49)53-31-19-32-55-58(54-30-15-16-33-57(54)64)43(4)60(63-61(53)55)48-24-13-8-14-25-48/h5-37,39-40,59,64H,1-3,38H2,4H3/b62-56+. The normalized spacial score (nSPS) is 11.9. The van der Waals surface area contributed by atoms with E-state index in [0.717, 1.165) is 94.7 Å². The molecule has 308 valence electrons. The molecule has 9 rings (SSSR count). The molecule has 9 aromatic rings. The van der Waals surface area contributed by atoms with Crippen LogP contribution in [0.5, 0.6) is 5.75 Å². The predicted octanol–water partition coefficient (Wildman–Crippen LogP) is 16.0. The van der Waals surface area contributed by atoms with Gasteiger partial charge in [0.2, 0.25) is 0 Å². The molecule has 64 heavy (non-hydrogen) atoms. The summed E-state index contributed by atoms with van der Waals surface area (Å²) in [6.07, 6.45) is 2.40. The molecule has 0 saturated carbocycles. The fourth-order valence-corrected chi connectivity index (χ4v) is 8.67. The number of pyridine rings is 1. The predicted molar refractivity (Wildman–Crippen MR) is 270 cm³/mol. The molecule has 1 atom stereocenters. The average Bonchev–Trinajstić information content (AvgIpc) is 3.35. The first kappa shape index (κ1) is 41.2. The van der Waals surface area contributed by atoms with Crippen LogP contribution in [0.4, 0.5) is 0 Å². The Hall–Kier alpha value is -8.14. The molecule has 0 spiro atoms. The van der Waals surface area contributed by atoms with E-state index in [1.54, 1.807) is 6.07 Å². The molecule has 0 amide bonds. The molecule has 0 aliphatic rings. The zero-order chi connectivity index (χ0) is 44.0. The van der Waals surface area contributed by atoms with E-state index in [1.165, 1.54) is 11.1 Å². The molecule has 3 nitrogen and oxygen atoms in total. The summed E-state index contributed by atoms with van der Waals surface area (Å²) in [5.41, 5.74) is 17.9. The maximum atomic E-state index is 11.2. The summed E-state index contributed by atoms with van der Waals surface area (Å²) >= 11 is 0. The van der Waals surface area contributed by atoms with E-state index in [1.807, 2.05) is 66.7 Å². The summed E-state index contributed by atoms with van der Waals surface area (Å²) in [4.78, 5) is 10.8. The molecule has 0 saturated heterocycles. The van der Waals surface area contributed by atoms with Gasteiger partial charge in [-0.3, -0.25) is 4.99 Å². The van der Waals surface area contributed by atoms with Crippen LogP contribution in [-0.4, -0.2) is 15.8 Å². The number of hydrogen-bond acceptors (Lipinski definition) is 3. The summed E-state index contributed by atoms with van der Waals surface area (Å²) in [6.45, 7) is 15.5. The van der Waals surface area contributed by atoms with Crippen LogP contribution in [0.15, 0.2) is 243 Å². The monoisotopic (exact) mass is 824 g/mol. The summed E-state index contributed by atoms with van der Waals surface area (Å²) in [6, 6.07) is 70.3. The maximum Gasteiger partial charge on any atom is 0.123 e. The van der Waals surface area contributed by atoms with Gasteiger partial charge < -0.3 is 5.11 Å². The number of rotatable bonds is 13. The minimum atomic E-state index is -0.369. The molecule has 1 N–H and O–H groups in total. The van der Waals surface area contributed by atoms with Gasteiger partial charge in [-0.1, -0.05) is 208 Å². The first-order valence-corrected chi connectivity index (χ1v) is 21.6. The lowest BCUT2D eigenvalue weighted by atomic mass is 9.89. The first-order chi connectivity index (χ1) is 31.4. The smallest absolute Gasteiger partial charge is 0.123 e. The number of aromatic nitrogens is 1. The number of fused-ring (bicyclic) bond motifs is 1. The molecule has 0 aliphatic heterocycles. The highest BCUT2D eigenvalue weighted by Gasteiger charge is 2.21. The molecular weight excluding hydrogens is 777 g/mol. The van der Waals surface area contributed by atoms with Crippen molar-refractivity contribution in [3.8, 4) is 61.5 Å². The molecule has 1 heterocycles. The Bertz CT molecular complexity index is 3180. The highest BCUT2D eigenvalue weighted by atomic mass is 16.3. The van der Waals surface area contributed by atoms with E-state index in [2.05, 4.69) is 166 Å². The molecule has 1 unspecified atom stereocenters. The zero-order valence-electron chi connectivity index (χ0n) is 36.0. The van der Waals surface area contributed by atoms with Crippen molar-refractivity contribution >= 4 is 22.2 Å². The van der Waals surface area contributed by atoms with Gasteiger partial charge in [0, 0.05) is 22.1 Å². The Morgan fingerprint density at radius 2 is 1.12 bits per heavy atom. The SMILES string of the molecule is C=C/C(=N\C(C(=C)CC(=C)c1ccc(-c2ccccc2)cc1)c1cccc(-c2cccc(-c3cccc4c(-c5ccccc5O)c(C)c(-c5ccccc5)nc34)c2)c1)c1ccccc1. The maximum absolute atomic E-state index is 11.2. The third-order valence-electron chi connectivity index (χ3n) is 11.9. The second-order valence-electron chi connectivity index (χ2n) is 16.1. The molecular formula is C61H48N2O. The molecule has 0 bridgehead atoms. The van der Waals surface area contributed by atoms with Gasteiger partial charge in [-0.25, -0.2) is 4.98 Å². The van der Waals surface area contributed by atoms with Crippen LogP contribution < -0.4 is 0 Å². The minimum absolute atomic E-state index is 0.237. The third kappa shape index (κ3) is 8.53. The highest BCUT2D eigenvalue weighted by molar-refractivity contribution is 6.09. The summed E-state index contributed by atoms with van der Waals surface area (Å²) < 4.78 is 0. The van der Waals surface area contributed by atoms with E-state index in [0.29, 0.717) is 6.42 Å². The van der Waals surface area contributed by atoms with Crippen molar-refractivity contribution in [1.82, 2.24) is 4.98 Å². The third-order valence-corrected chi connectivity index (χ3v) is 11.9. The van der Waals surface area contributed by atoms with Gasteiger partial charge in [-0.05, 0) is 104 Å². The fourth-order valence-electron chi connectivity index (χ4n) is 8.67. The molecule has 1 aromatic heterocycles. The lowest BCUT2D eigenvalue weighted by Crippen LogP contribution is -2.06. The Balaban J connectivity index is 1.10. The Labute approximate surface area is 376 Å². The lowest BCUT2D eigenvalue weighted by molar-refractivity contribution is 0.477. The number of aliphatic imine (C=N–C) groups is 1. The Morgan fingerprint density at radius 1 is 0.562 bits per heavy atom. The number of benzene rings is 8. The van der Waals surface area contributed by atoms with Gasteiger partial charge in [0.15, 0.2) is 0 Å². The van der Waals surface area contributed by atoms with Crippen LogP contribution >= 0.6 is 0 Å². The van der Waals surface area contributed by atoms with Crippen LogP contribution in [0.3, 0.4) is 0 Å². The van der Waals surface area contributed by atoms with E-state index < -0.39 is 0 Å². The molecule has 0 fully saturated rings. The molecule has 0 aliphatic carbocycles. The number of allylic oxidation sites excluding steroid dienone is 2. The molecule has 3 heteroatoms. The van der Waals surface area contributed by atoms with Crippen LogP contribution in [0.1, 0.15) is 34.7 Å². The van der Waals surface area contributed by atoms with Gasteiger partial charge in [0.05, 0.1) is 23.0 Å². The Kier molecular flexibility index (Phi) is 11.9. The van der Waals surface area contributed by atoms with Gasteiger partial charge in [-0.15, -0.1) is 0 Å². The zero-order valence-corrected chi connectivity index (χ0v) is 36.0. The van der Waals surface area contributed by atoms with Crippen LogP contribution in [0.25, 0.3) is 72.2 Å². The van der Waals surface area contributed by atoms with Crippen molar-refractivity contribution in [3.63, 3.8) is 0 Å². The topological polar surface area (TPSA) is 45.5 Å². The van der Waals surface area contributed by atoms with Crippen LogP contribution in [0.2, 0.25) is 0 Å². The minimum Gasteiger partial charge on any atom is -0.507 e. The van der Waals surface area contributed by atoms with E-state index in [4.69, 9.17) is 9.98 Å². The number of para-hydroxylation sites is 2. The number of phenolic OH excluding ortho intramolecular Hbond substituents is 1. The van der Waals surface area contributed by atoms with Crippen molar-refractivity contribution in [1.29, 1.82) is 0 Å². The van der Waals surface area contributed by atoms with Crippen LogP contribution in [0, 0.1) is 6.92 Å². The number of nitrogens with zero attached hydrogens (tertiary/aromatic N) is 2. The van der Waals surface area contributed by atoms with Crippen molar-refractivity contribution in [3.05, 3.63) is 260 Å². The van der Waals surface area contributed by atoms with Gasteiger partial charge in [-0.2, -0.15) is 0 Å². The average molecular weight is 825 g/mol. The second kappa shape index (κ2) is 18.5. The van der Waals surface area contributed by atoms with E-state index >= 15 is 0 Å². The van der Waals surface area contributed by atoms with Crippen LogP contribution in [-0.2, 0) is 0 Å². The highest BCUT2D eigenvalue weighted by Crippen LogP contribution is 2.43. The van der Waals surface area contributed by atoms with Gasteiger partial charge in [0.25, 0.3) is 0 Å². The fraction of sp³-hybridized carbons (Fsp3) is 0.0492. The number of aromatic hydroxyl groups is 1. The summed E-state index contributed by atoms with van der Waals surface area (Å²) in [5, 5.41) is 12.2. The van der Waals surface area contributed by atoms with Crippen molar-refractivity contribution in [2.45, 2.75) is 19.4 Å². The van der Waals surface area contributed by atoms with Crippen molar-refractivity contribution in [2.24, 2.45) is 4.99 Å². The molecule has 0 radical (unpaired) electrons. The molecule has 8 aromatic carbocycles.